The summed E-state index contributed by atoms with van der Waals surface area (Å²) in [6.45, 7) is 0.458. The Morgan fingerprint density at radius 1 is 1.03 bits per heavy atom. The zero-order valence-corrected chi connectivity index (χ0v) is 18.3. The van der Waals surface area contributed by atoms with Gasteiger partial charge in [-0.05, 0) is 43.0 Å². The topological polar surface area (TPSA) is 115 Å². The van der Waals surface area contributed by atoms with E-state index in [0.29, 0.717) is 43.5 Å². The Balaban J connectivity index is 1.49. The van der Waals surface area contributed by atoms with Crippen LogP contribution in [0.1, 0.15) is 48.0 Å². The zero-order valence-electron chi connectivity index (χ0n) is 18.3. The minimum absolute atomic E-state index is 0.124. The highest BCUT2D eigenvalue weighted by molar-refractivity contribution is 6.11. The summed E-state index contributed by atoms with van der Waals surface area (Å²) in [6, 6.07) is 14.6. The fourth-order valence-corrected chi connectivity index (χ4v) is 4.37. The lowest BCUT2D eigenvalue weighted by Gasteiger charge is -2.25. The van der Waals surface area contributed by atoms with E-state index in [9.17, 15) is 14.4 Å². The van der Waals surface area contributed by atoms with E-state index >= 15 is 0 Å². The Labute approximate surface area is 191 Å². The van der Waals surface area contributed by atoms with Crippen molar-refractivity contribution in [2.75, 3.05) is 11.4 Å². The molecule has 0 saturated heterocycles. The van der Waals surface area contributed by atoms with Crippen molar-refractivity contribution in [1.82, 2.24) is 15.8 Å². The van der Waals surface area contributed by atoms with Gasteiger partial charge in [0.1, 0.15) is 6.04 Å². The molecule has 2 aromatic carbocycles. The molecule has 8 heteroatoms. The third-order valence-corrected chi connectivity index (χ3v) is 6.11. The molecule has 0 bridgehead atoms. The number of benzene rings is 2. The van der Waals surface area contributed by atoms with Crippen molar-refractivity contribution < 1.29 is 19.6 Å². The predicted molar refractivity (Wildman–Crippen MR) is 125 cm³/mol. The van der Waals surface area contributed by atoms with Crippen molar-refractivity contribution in [1.29, 1.82) is 0 Å². The van der Waals surface area contributed by atoms with Crippen LogP contribution in [0, 0.1) is 0 Å². The third-order valence-electron chi connectivity index (χ3n) is 6.11. The number of hydrogen-bond acceptors (Lipinski definition) is 4. The number of aromatic nitrogens is 1. The van der Waals surface area contributed by atoms with Gasteiger partial charge in [0.2, 0.25) is 11.8 Å². The first kappa shape index (κ1) is 22.5. The average molecular weight is 449 g/mol. The van der Waals surface area contributed by atoms with Gasteiger partial charge < -0.3 is 15.2 Å². The number of nitrogens with one attached hydrogen (secondary N) is 3. The molecule has 0 aliphatic carbocycles. The molecule has 0 fully saturated rings. The minimum atomic E-state index is -0.625. The number of carbonyl (C=O) groups is 3. The van der Waals surface area contributed by atoms with Gasteiger partial charge in [0.15, 0.2) is 0 Å². The van der Waals surface area contributed by atoms with Crippen LogP contribution in [0.2, 0.25) is 0 Å². The Bertz CT molecular complexity index is 1160. The maximum atomic E-state index is 13.5. The van der Waals surface area contributed by atoms with Gasteiger partial charge in [-0.2, -0.15) is 0 Å². The van der Waals surface area contributed by atoms with Gasteiger partial charge in [0.05, 0.1) is 11.3 Å². The Kier molecular flexibility index (Phi) is 7.04. The van der Waals surface area contributed by atoms with E-state index in [-0.39, 0.29) is 18.2 Å². The molecule has 3 aromatic rings. The SMILES string of the molecule is O=C(CCCCCC1NC(=O)c2ccccc2N(CCc2c[nH]c3ccccc23)C1=O)NO. The summed E-state index contributed by atoms with van der Waals surface area (Å²) in [5, 5.41) is 12.6. The van der Waals surface area contributed by atoms with Crippen LogP contribution in [-0.2, 0) is 16.0 Å². The number of rotatable bonds is 9. The molecule has 0 spiro atoms. The van der Waals surface area contributed by atoms with E-state index < -0.39 is 11.9 Å². The van der Waals surface area contributed by atoms with Crippen LogP contribution >= 0.6 is 0 Å². The number of anilines is 1. The smallest absolute Gasteiger partial charge is 0.254 e. The van der Waals surface area contributed by atoms with Crippen molar-refractivity contribution in [3.63, 3.8) is 0 Å². The molecule has 1 aliphatic rings. The third kappa shape index (κ3) is 5.06. The lowest BCUT2D eigenvalue weighted by Crippen LogP contribution is -2.46. The fourth-order valence-electron chi connectivity index (χ4n) is 4.37. The number of carbonyl (C=O) groups excluding carboxylic acids is 3. The highest BCUT2D eigenvalue weighted by Crippen LogP contribution is 2.27. The molecule has 4 N–H and O–H groups in total. The maximum absolute atomic E-state index is 13.5. The lowest BCUT2D eigenvalue weighted by molar-refractivity contribution is -0.129. The predicted octanol–water partition coefficient (Wildman–Crippen LogP) is 3.31. The molecule has 33 heavy (non-hydrogen) atoms. The second kappa shape index (κ2) is 10.3. The minimum Gasteiger partial charge on any atom is -0.361 e. The summed E-state index contributed by atoms with van der Waals surface area (Å²) in [5.41, 5.74) is 4.92. The first-order chi connectivity index (χ1) is 16.1. The van der Waals surface area contributed by atoms with E-state index in [0.717, 1.165) is 22.9 Å². The van der Waals surface area contributed by atoms with E-state index in [2.05, 4.69) is 16.4 Å². The van der Waals surface area contributed by atoms with E-state index in [1.165, 1.54) is 0 Å². The number of nitrogens with zero attached hydrogens (tertiary/aromatic N) is 1. The molecule has 8 nitrogen and oxygen atoms in total. The number of amides is 3. The average Bonchev–Trinajstić information content (AvgIpc) is 3.22. The van der Waals surface area contributed by atoms with Gasteiger partial charge in [-0.15, -0.1) is 0 Å². The molecule has 1 atom stereocenters. The van der Waals surface area contributed by atoms with E-state index in [1.807, 2.05) is 36.5 Å². The van der Waals surface area contributed by atoms with Crippen LogP contribution in [0.15, 0.2) is 54.7 Å². The van der Waals surface area contributed by atoms with Gasteiger partial charge in [0.25, 0.3) is 5.91 Å². The highest BCUT2D eigenvalue weighted by atomic mass is 16.5. The molecule has 4 rings (SSSR count). The summed E-state index contributed by atoms with van der Waals surface area (Å²) < 4.78 is 0. The Morgan fingerprint density at radius 3 is 2.67 bits per heavy atom. The first-order valence-electron chi connectivity index (χ1n) is 11.3. The normalized spacial score (nSPS) is 15.8. The molecule has 172 valence electrons. The molecule has 2 heterocycles. The van der Waals surface area contributed by atoms with Crippen LogP contribution in [0.3, 0.4) is 0 Å². The summed E-state index contributed by atoms with van der Waals surface area (Å²) in [6.07, 6.45) is 5.35. The standard InChI is InChI=1S/C25H28N4O4/c30-23(28-33)13-3-1-2-11-21-25(32)29(22-12-7-5-9-19(22)24(31)27-21)15-14-17-16-26-20-10-6-4-8-18(17)20/h4-10,12,16,21,26,33H,1-3,11,13-15H2,(H,27,31)(H,28,30). The van der Waals surface area contributed by atoms with Crippen LogP contribution in [0.5, 0.6) is 0 Å². The molecule has 1 unspecified atom stereocenters. The number of hydroxylamine groups is 1. The van der Waals surface area contributed by atoms with Crippen molar-refractivity contribution in [2.45, 2.75) is 44.6 Å². The molecule has 0 saturated carbocycles. The monoisotopic (exact) mass is 448 g/mol. The second-order valence-electron chi connectivity index (χ2n) is 8.28. The lowest BCUT2D eigenvalue weighted by atomic mass is 10.1. The molecule has 0 radical (unpaired) electrons. The van der Waals surface area contributed by atoms with Crippen molar-refractivity contribution in [3.05, 3.63) is 65.9 Å². The van der Waals surface area contributed by atoms with Crippen LogP contribution < -0.4 is 15.7 Å². The number of H-pyrrole nitrogens is 1. The van der Waals surface area contributed by atoms with Crippen molar-refractivity contribution in [3.8, 4) is 0 Å². The fraction of sp³-hybridized carbons (Fsp3) is 0.320. The maximum Gasteiger partial charge on any atom is 0.254 e. The number of unbranched alkanes of at least 4 members (excludes halogenated alkanes) is 2. The van der Waals surface area contributed by atoms with E-state index in [4.69, 9.17) is 5.21 Å². The van der Waals surface area contributed by atoms with Crippen molar-refractivity contribution >= 4 is 34.3 Å². The Hall–Kier alpha value is -3.65. The summed E-state index contributed by atoms with van der Waals surface area (Å²) >= 11 is 0. The first-order valence-corrected chi connectivity index (χ1v) is 11.3. The second-order valence-corrected chi connectivity index (χ2v) is 8.28. The molecular formula is C25H28N4O4. The van der Waals surface area contributed by atoms with Crippen LogP contribution in [0.4, 0.5) is 5.69 Å². The highest BCUT2D eigenvalue weighted by Gasteiger charge is 2.33. The molecular weight excluding hydrogens is 420 g/mol. The number of hydrogen-bond donors (Lipinski definition) is 4. The van der Waals surface area contributed by atoms with Crippen LogP contribution in [0.25, 0.3) is 10.9 Å². The molecule has 1 aromatic heterocycles. The number of fused-ring (bicyclic) bond motifs is 2. The van der Waals surface area contributed by atoms with Gasteiger partial charge in [-0.3, -0.25) is 19.6 Å². The quantitative estimate of drug-likeness (QED) is 0.228. The van der Waals surface area contributed by atoms with Crippen molar-refractivity contribution in [2.24, 2.45) is 0 Å². The largest absolute Gasteiger partial charge is 0.361 e. The van der Waals surface area contributed by atoms with Gasteiger partial charge in [-0.1, -0.05) is 43.2 Å². The summed E-state index contributed by atoms with van der Waals surface area (Å²) in [4.78, 5) is 42.5. The molecule has 3 amide bonds. The number of aromatic amines is 1. The zero-order chi connectivity index (χ0) is 23.2. The number of para-hydroxylation sites is 2. The van der Waals surface area contributed by atoms with Gasteiger partial charge in [-0.25, -0.2) is 5.48 Å². The van der Waals surface area contributed by atoms with Gasteiger partial charge in [0, 0.05) is 30.1 Å². The molecule has 1 aliphatic heterocycles. The van der Waals surface area contributed by atoms with Crippen LogP contribution in [-0.4, -0.2) is 40.5 Å². The van der Waals surface area contributed by atoms with E-state index in [1.54, 1.807) is 22.5 Å². The summed E-state index contributed by atoms with van der Waals surface area (Å²) in [5.74, 6) is -0.799. The Morgan fingerprint density at radius 2 is 1.82 bits per heavy atom. The summed E-state index contributed by atoms with van der Waals surface area (Å²) in [7, 11) is 0. The van der Waals surface area contributed by atoms with Gasteiger partial charge >= 0.3 is 0 Å².